The highest BCUT2D eigenvalue weighted by Crippen LogP contribution is 2.29. The molecule has 4 nitrogen and oxygen atoms in total. The number of rotatable bonds is 5. The van der Waals surface area contributed by atoms with Gasteiger partial charge in [0, 0.05) is 21.2 Å². The van der Waals surface area contributed by atoms with Crippen LogP contribution in [0.1, 0.15) is 36.2 Å². The average molecular weight is 339 g/mol. The number of carbonyl (C=O) groups is 1. The molecule has 1 heterocycles. The number of aromatic nitrogens is 2. The molecule has 0 bridgehead atoms. The van der Waals surface area contributed by atoms with E-state index in [1.165, 1.54) is 4.90 Å². The number of hydrogen-bond donors (Lipinski definition) is 2. The van der Waals surface area contributed by atoms with E-state index in [1.807, 2.05) is 36.9 Å². The van der Waals surface area contributed by atoms with Crippen molar-refractivity contribution in [2.75, 3.05) is 5.32 Å². The van der Waals surface area contributed by atoms with E-state index in [4.69, 9.17) is 0 Å². The van der Waals surface area contributed by atoms with Crippen LogP contribution in [0, 0.1) is 6.92 Å². The predicted molar refractivity (Wildman–Crippen MR) is 101 cm³/mol. The van der Waals surface area contributed by atoms with E-state index >= 15 is 0 Å². The minimum Gasteiger partial charge on any atom is -0.322 e. The second-order valence-corrected chi connectivity index (χ2v) is 7.42. The number of H-pyrrole nitrogens is 1. The molecule has 2 N–H and O–H groups in total. The van der Waals surface area contributed by atoms with Gasteiger partial charge in [-0.3, -0.25) is 9.89 Å². The summed E-state index contributed by atoms with van der Waals surface area (Å²) in [6.07, 6.45) is 2.86. The van der Waals surface area contributed by atoms with E-state index < -0.39 is 0 Å². The third-order valence-corrected chi connectivity index (χ3v) is 5.34. The SMILES string of the molecule is CCC(C)Sc1ccc(NC(=O)c2cccc3cn[nH]c23)c(C)c1. The van der Waals surface area contributed by atoms with Crippen LogP contribution in [0.5, 0.6) is 0 Å². The lowest BCUT2D eigenvalue weighted by molar-refractivity contribution is 0.102. The Morgan fingerprint density at radius 3 is 2.92 bits per heavy atom. The van der Waals surface area contributed by atoms with Crippen molar-refractivity contribution in [2.24, 2.45) is 0 Å². The summed E-state index contributed by atoms with van der Waals surface area (Å²) in [5.41, 5.74) is 3.26. The van der Waals surface area contributed by atoms with E-state index in [0.717, 1.165) is 28.6 Å². The molecule has 2 aromatic carbocycles. The molecular weight excluding hydrogens is 318 g/mol. The molecule has 1 aromatic heterocycles. The summed E-state index contributed by atoms with van der Waals surface area (Å²) in [6, 6.07) is 11.8. The van der Waals surface area contributed by atoms with Gasteiger partial charge < -0.3 is 5.32 Å². The van der Waals surface area contributed by atoms with E-state index in [0.29, 0.717) is 10.8 Å². The van der Waals surface area contributed by atoms with Crippen molar-refractivity contribution < 1.29 is 4.79 Å². The Morgan fingerprint density at radius 1 is 1.33 bits per heavy atom. The Kier molecular flexibility index (Phi) is 4.90. The maximum Gasteiger partial charge on any atom is 0.257 e. The molecule has 0 aliphatic heterocycles. The molecule has 1 atom stereocenters. The first-order chi connectivity index (χ1) is 11.6. The lowest BCUT2D eigenvalue weighted by Gasteiger charge is -2.12. The van der Waals surface area contributed by atoms with Crippen LogP contribution in [-0.4, -0.2) is 21.4 Å². The maximum atomic E-state index is 12.6. The van der Waals surface area contributed by atoms with E-state index in [1.54, 1.807) is 12.3 Å². The van der Waals surface area contributed by atoms with E-state index in [2.05, 4.69) is 41.5 Å². The number of carbonyl (C=O) groups excluding carboxylic acids is 1. The van der Waals surface area contributed by atoms with Gasteiger partial charge in [-0.15, -0.1) is 11.8 Å². The Morgan fingerprint density at radius 2 is 2.17 bits per heavy atom. The zero-order valence-corrected chi connectivity index (χ0v) is 14.9. The number of nitrogens with zero attached hydrogens (tertiary/aromatic N) is 1. The monoisotopic (exact) mass is 339 g/mol. The number of anilines is 1. The maximum absolute atomic E-state index is 12.6. The number of aryl methyl sites for hydroxylation is 1. The Bertz CT molecular complexity index is 872. The molecule has 24 heavy (non-hydrogen) atoms. The normalized spacial score (nSPS) is 12.3. The smallest absolute Gasteiger partial charge is 0.257 e. The summed E-state index contributed by atoms with van der Waals surface area (Å²) in [7, 11) is 0. The minimum atomic E-state index is -0.129. The number of thioether (sulfide) groups is 1. The molecule has 0 radical (unpaired) electrons. The van der Waals surface area contributed by atoms with Gasteiger partial charge in [0.05, 0.1) is 17.3 Å². The summed E-state index contributed by atoms with van der Waals surface area (Å²) >= 11 is 1.86. The Labute approximate surface area is 146 Å². The largest absolute Gasteiger partial charge is 0.322 e. The van der Waals surface area contributed by atoms with Crippen LogP contribution in [0.25, 0.3) is 10.9 Å². The van der Waals surface area contributed by atoms with Crippen LogP contribution in [0.3, 0.4) is 0 Å². The average Bonchev–Trinajstić information content (AvgIpc) is 3.05. The number of nitrogens with one attached hydrogen (secondary N) is 2. The molecule has 0 fully saturated rings. The molecule has 5 heteroatoms. The van der Waals surface area contributed by atoms with Crippen molar-refractivity contribution in [3.8, 4) is 0 Å². The molecule has 3 aromatic rings. The molecule has 124 valence electrons. The van der Waals surface area contributed by atoms with Crippen LogP contribution in [0.4, 0.5) is 5.69 Å². The van der Waals surface area contributed by atoms with Crippen molar-refractivity contribution in [2.45, 2.75) is 37.3 Å². The van der Waals surface area contributed by atoms with Gasteiger partial charge >= 0.3 is 0 Å². The summed E-state index contributed by atoms with van der Waals surface area (Å²) < 4.78 is 0. The van der Waals surface area contributed by atoms with Crippen molar-refractivity contribution in [3.63, 3.8) is 0 Å². The standard InChI is InChI=1S/C19H21N3OS/c1-4-13(3)24-15-8-9-17(12(2)10-15)21-19(23)16-7-5-6-14-11-20-22-18(14)16/h5-11,13H,4H2,1-3H3,(H,20,22)(H,21,23). The zero-order chi connectivity index (χ0) is 17.1. The molecule has 0 saturated heterocycles. The summed E-state index contributed by atoms with van der Waals surface area (Å²) in [5, 5.41) is 11.4. The zero-order valence-electron chi connectivity index (χ0n) is 14.1. The van der Waals surface area contributed by atoms with Crippen LogP contribution in [0.15, 0.2) is 47.5 Å². The quantitative estimate of drug-likeness (QED) is 0.642. The van der Waals surface area contributed by atoms with Crippen molar-refractivity contribution in [1.82, 2.24) is 10.2 Å². The second-order valence-electron chi connectivity index (χ2n) is 5.91. The van der Waals surface area contributed by atoms with Gasteiger partial charge in [-0.2, -0.15) is 5.10 Å². The molecule has 0 spiro atoms. The molecule has 1 unspecified atom stereocenters. The van der Waals surface area contributed by atoms with Gasteiger partial charge in [0.15, 0.2) is 0 Å². The lowest BCUT2D eigenvalue weighted by atomic mass is 10.1. The molecule has 1 amide bonds. The van der Waals surface area contributed by atoms with E-state index in [9.17, 15) is 4.79 Å². The van der Waals surface area contributed by atoms with Crippen LogP contribution in [0.2, 0.25) is 0 Å². The molecule has 0 aliphatic carbocycles. The first-order valence-corrected chi connectivity index (χ1v) is 8.97. The Hall–Kier alpha value is -2.27. The number of fused-ring (bicyclic) bond motifs is 1. The second kappa shape index (κ2) is 7.09. The van der Waals surface area contributed by atoms with Crippen molar-refractivity contribution in [1.29, 1.82) is 0 Å². The highest BCUT2D eigenvalue weighted by Gasteiger charge is 2.13. The fraction of sp³-hybridized carbons (Fsp3) is 0.263. The van der Waals surface area contributed by atoms with E-state index in [-0.39, 0.29) is 5.91 Å². The number of hydrogen-bond acceptors (Lipinski definition) is 3. The number of para-hydroxylation sites is 1. The third kappa shape index (κ3) is 3.46. The van der Waals surface area contributed by atoms with Gasteiger partial charge in [-0.05, 0) is 43.2 Å². The highest BCUT2D eigenvalue weighted by molar-refractivity contribution is 7.99. The highest BCUT2D eigenvalue weighted by atomic mass is 32.2. The van der Waals surface area contributed by atoms with Gasteiger partial charge in [-0.25, -0.2) is 0 Å². The molecule has 0 aliphatic rings. The fourth-order valence-corrected chi connectivity index (χ4v) is 3.54. The summed E-state index contributed by atoms with van der Waals surface area (Å²) in [4.78, 5) is 13.9. The number of benzene rings is 2. The van der Waals surface area contributed by atoms with Crippen LogP contribution < -0.4 is 5.32 Å². The predicted octanol–water partition coefficient (Wildman–Crippen LogP) is 5.01. The number of amides is 1. The van der Waals surface area contributed by atoms with Crippen LogP contribution in [-0.2, 0) is 0 Å². The van der Waals surface area contributed by atoms with Crippen LogP contribution >= 0.6 is 11.8 Å². The van der Waals surface area contributed by atoms with Gasteiger partial charge in [-0.1, -0.05) is 26.0 Å². The lowest BCUT2D eigenvalue weighted by Crippen LogP contribution is -2.13. The molecule has 3 rings (SSSR count). The van der Waals surface area contributed by atoms with Crippen molar-refractivity contribution >= 4 is 34.3 Å². The summed E-state index contributed by atoms with van der Waals surface area (Å²) in [6.45, 7) is 6.43. The Balaban J connectivity index is 1.80. The first-order valence-electron chi connectivity index (χ1n) is 8.09. The first kappa shape index (κ1) is 16.6. The van der Waals surface area contributed by atoms with Gasteiger partial charge in [0.2, 0.25) is 0 Å². The van der Waals surface area contributed by atoms with Gasteiger partial charge in [0.25, 0.3) is 5.91 Å². The fourth-order valence-electron chi connectivity index (χ4n) is 2.51. The third-order valence-electron chi connectivity index (χ3n) is 4.08. The molecule has 0 saturated carbocycles. The van der Waals surface area contributed by atoms with Crippen molar-refractivity contribution in [3.05, 3.63) is 53.7 Å². The minimum absolute atomic E-state index is 0.129. The summed E-state index contributed by atoms with van der Waals surface area (Å²) in [5.74, 6) is -0.129. The topological polar surface area (TPSA) is 57.8 Å². The number of aromatic amines is 1. The van der Waals surface area contributed by atoms with Gasteiger partial charge in [0.1, 0.15) is 0 Å². The molecular formula is C19H21N3OS.